The quantitative estimate of drug-likeness (QED) is 0.435. The SMILES string of the molecule is CCOc1cc(/C=N\NC(=O)OC(C)(C)C)cc(Cl)c1OCc1ccc(Cl)cc1. The number of hydrogen-bond acceptors (Lipinski definition) is 5. The summed E-state index contributed by atoms with van der Waals surface area (Å²) in [6.45, 7) is 7.92. The summed E-state index contributed by atoms with van der Waals surface area (Å²) in [5, 5.41) is 4.90. The monoisotopic (exact) mass is 438 g/mol. The topological polar surface area (TPSA) is 69.2 Å². The highest BCUT2D eigenvalue weighted by Gasteiger charge is 2.16. The number of hydrazone groups is 1. The molecule has 0 aliphatic heterocycles. The summed E-state index contributed by atoms with van der Waals surface area (Å²) in [5.74, 6) is 0.911. The van der Waals surface area contributed by atoms with Crippen LogP contribution in [-0.2, 0) is 11.3 Å². The first kappa shape index (κ1) is 22.8. The van der Waals surface area contributed by atoms with Gasteiger partial charge in [-0.25, -0.2) is 10.2 Å². The Morgan fingerprint density at radius 1 is 1.14 bits per heavy atom. The van der Waals surface area contributed by atoms with Gasteiger partial charge in [0, 0.05) is 5.02 Å². The molecule has 29 heavy (non-hydrogen) atoms. The van der Waals surface area contributed by atoms with Gasteiger partial charge in [-0.1, -0.05) is 35.3 Å². The number of carbonyl (C=O) groups excluding carboxylic acids is 1. The highest BCUT2D eigenvalue weighted by atomic mass is 35.5. The number of hydrogen-bond donors (Lipinski definition) is 1. The Labute approximate surface area is 180 Å². The predicted octanol–water partition coefficient (Wildman–Crippen LogP) is 5.83. The van der Waals surface area contributed by atoms with E-state index in [9.17, 15) is 4.79 Å². The second-order valence-electron chi connectivity index (χ2n) is 7.05. The first-order chi connectivity index (χ1) is 13.7. The van der Waals surface area contributed by atoms with Crippen molar-refractivity contribution in [3.05, 3.63) is 57.6 Å². The summed E-state index contributed by atoms with van der Waals surface area (Å²) in [5.41, 5.74) is 3.28. The zero-order valence-electron chi connectivity index (χ0n) is 16.8. The summed E-state index contributed by atoms with van der Waals surface area (Å²) >= 11 is 12.3. The van der Waals surface area contributed by atoms with Gasteiger partial charge in [0.1, 0.15) is 12.2 Å². The van der Waals surface area contributed by atoms with E-state index in [0.29, 0.717) is 40.3 Å². The summed E-state index contributed by atoms with van der Waals surface area (Å²) < 4.78 is 16.6. The highest BCUT2D eigenvalue weighted by Crippen LogP contribution is 2.37. The van der Waals surface area contributed by atoms with E-state index < -0.39 is 11.7 Å². The van der Waals surface area contributed by atoms with E-state index in [2.05, 4.69) is 10.5 Å². The molecule has 0 saturated carbocycles. The van der Waals surface area contributed by atoms with Crippen LogP contribution < -0.4 is 14.9 Å². The number of ether oxygens (including phenoxy) is 3. The van der Waals surface area contributed by atoms with Crippen LogP contribution in [0.1, 0.15) is 38.8 Å². The highest BCUT2D eigenvalue weighted by molar-refractivity contribution is 6.32. The Kier molecular flexibility index (Phi) is 8.17. The molecule has 0 unspecified atom stereocenters. The lowest BCUT2D eigenvalue weighted by atomic mass is 10.2. The Morgan fingerprint density at radius 2 is 1.83 bits per heavy atom. The number of nitrogens with one attached hydrogen (secondary N) is 1. The molecule has 0 spiro atoms. The van der Waals surface area contributed by atoms with Gasteiger partial charge < -0.3 is 14.2 Å². The van der Waals surface area contributed by atoms with Gasteiger partial charge in [0.15, 0.2) is 11.5 Å². The van der Waals surface area contributed by atoms with E-state index in [1.54, 1.807) is 45.0 Å². The first-order valence-electron chi connectivity index (χ1n) is 9.03. The molecule has 0 radical (unpaired) electrons. The average Bonchev–Trinajstić information content (AvgIpc) is 2.61. The van der Waals surface area contributed by atoms with Crippen molar-refractivity contribution in [1.82, 2.24) is 5.43 Å². The maximum Gasteiger partial charge on any atom is 0.428 e. The van der Waals surface area contributed by atoms with Gasteiger partial charge in [-0.15, -0.1) is 0 Å². The minimum Gasteiger partial charge on any atom is -0.490 e. The fourth-order valence-corrected chi connectivity index (χ4v) is 2.66. The van der Waals surface area contributed by atoms with Gasteiger partial charge in [-0.2, -0.15) is 5.10 Å². The minimum absolute atomic E-state index is 0.310. The Hall–Kier alpha value is -2.44. The van der Waals surface area contributed by atoms with Gasteiger partial charge in [-0.05, 0) is 63.1 Å². The summed E-state index contributed by atoms with van der Waals surface area (Å²) in [6, 6.07) is 10.7. The molecule has 0 saturated heterocycles. The van der Waals surface area contributed by atoms with Crippen molar-refractivity contribution >= 4 is 35.5 Å². The van der Waals surface area contributed by atoms with Crippen LogP contribution in [-0.4, -0.2) is 24.5 Å². The molecule has 0 heterocycles. The molecule has 0 fully saturated rings. The molecule has 1 N–H and O–H groups in total. The third kappa shape index (κ3) is 7.83. The number of amides is 1. The van der Waals surface area contributed by atoms with Crippen LogP contribution in [0.25, 0.3) is 0 Å². The van der Waals surface area contributed by atoms with Crippen LogP contribution in [0.3, 0.4) is 0 Å². The van der Waals surface area contributed by atoms with Crippen molar-refractivity contribution in [3.8, 4) is 11.5 Å². The van der Waals surface area contributed by atoms with E-state index >= 15 is 0 Å². The normalized spacial score (nSPS) is 11.4. The minimum atomic E-state index is -0.646. The molecule has 0 atom stereocenters. The van der Waals surface area contributed by atoms with E-state index in [-0.39, 0.29) is 0 Å². The van der Waals surface area contributed by atoms with Gasteiger partial charge in [0.25, 0.3) is 0 Å². The number of benzene rings is 2. The fraction of sp³-hybridized carbons (Fsp3) is 0.333. The maximum atomic E-state index is 11.7. The maximum absolute atomic E-state index is 11.7. The van der Waals surface area contributed by atoms with Gasteiger partial charge >= 0.3 is 6.09 Å². The second-order valence-corrected chi connectivity index (χ2v) is 7.89. The van der Waals surface area contributed by atoms with Crippen LogP contribution >= 0.6 is 23.2 Å². The molecule has 156 valence electrons. The van der Waals surface area contributed by atoms with E-state index in [0.717, 1.165) is 5.56 Å². The van der Waals surface area contributed by atoms with Crippen LogP contribution in [0.5, 0.6) is 11.5 Å². The van der Waals surface area contributed by atoms with Crippen LogP contribution in [0.15, 0.2) is 41.5 Å². The second kappa shape index (κ2) is 10.4. The van der Waals surface area contributed by atoms with E-state index in [1.165, 1.54) is 6.21 Å². The Balaban J connectivity index is 2.11. The largest absolute Gasteiger partial charge is 0.490 e. The standard InChI is InChI=1S/C21H24Cl2N2O4/c1-5-27-18-11-15(12-24-25-20(26)29-21(2,3)4)10-17(23)19(18)28-13-14-6-8-16(22)9-7-14/h6-12H,5,13H2,1-4H3,(H,25,26)/b24-12-. The first-order valence-corrected chi connectivity index (χ1v) is 9.79. The molecule has 0 aliphatic rings. The molecular weight excluding hydrogens is 415 g/mol. The van der Waals surface area contributed by atoms with Crippen molar-refractivity contribution in [2.75, 3.05) is 6.61 Å². The van der Waals surface area contributed by atoms with Crippen molar-refractivity contribution in [3.63, 3.8) is 0 Å². The van der Waals surface area contributed by atoms with Gasteiger partial charge in [0.2, 0.25) is 0 Å². The number of carbonyl (C=O) groups is 1. The Bertz CT molecular complexity index is 862. The summed E-state index contributed by atoms with van der Waals surface area (Å²) in [7, 11) is 0. The third-order valence-corrected chi connectivity index (χ3v) is 3.93. The molecule has 2 aromatic rings. The zero-order chi connectivity index (χ0) is 21.4. The van der Waals surface area contributed by atoms with Gasteiger partial charge in [0.05, 0.1) is 17.8 Å². The number of halogens is 2. The van der Waals surface area contributed by atoms with Crippen LogP contribution in [0.4, 0.5) is 4.79 Å². The molecule has 6 nitrogen and oxygen atoms in total. The smallest absolute Gasteiger partial charge is 0.428 e. The number of rotatable bonds is 7. The predicted molar refractivity (Wildman–Crippen MR) is 115 cm³/mol. The molecule has 8 heteroatoms. The fourth-order valence-electron chi connectivity index (χ4n) is 2.26. The molecule has 2 rings (SSSR count). The van der Waals surface area contributed by atoms with E-state index in [1.807, 2.05) is 19.1 Å². The van der Waals surface area contributed by atoms with Crippen molar-refractivity contribution in [2.24, 2.45) is 5.10 Å². The lowest BCUT2D eigenvalue weighted by Crippen LogP contribution is -2.29. The van der Waals surface area contributed by atoms with Crippen LogP contribution in [0, 0.1) is 0 Å². The molecule has 1 amide bonds. The molecular formula is C21H24Cl2N2O4. The molecule has 2 aromatic carbocycles. The molecule has 0 aliphatic carbocycles. The number of nitrogens with zero attached hydrogens (tertiary/aromatic N) is 1. The van der Waals surface area contributed by atoms with Crippen molar-refractivity contribution < 1.29 is 19.0 Å². The van der Waals surface area contributed by atoms with Crippen LogP contribution in [0.2, 0.25) is 10.0 Å². The third-order valence-electron chi connectivity index (χ3n) is 3.40. The van der Waals surface area contributed by atoms with Crippen molar-refractivity contribution in [2.45, 2.75) is 39.9 Å². The van der Waals surface area contributed by atoms with Gasteiger partial charge in [-0.3, -0.25) is 0 Å². The van der Waals surface area contributed by atoms with E-state index in [4.69, 9.17) is 37.4 Å². The lowest BCUT2D eigenvalue weighted by Gasteiger charge is -2.18. The lowest BCUT2D eigenvalue weighted by molar-refractivity contribution is 0.0529. The molecule has 0 bridgehead atoms. The zero-order valence-corrected chi connectivity index (χ0v) is 18.3. The summed E-state index contributed by atoms with van der Waals surface area (Å²) in [4.78, 5) is 11.7. The average molecular weight is 439 g/mol. The Morgan fingerprint density at radius 3 is 2.45 bits per heavy atom. The summed E-state index contributed by atoms with van der Waals surface area (Å²) in [6.07, 6.45) is 0.800. The van der Waals surface area contributed by atoms with Crippen molar-refractivity contribution in [1.29, 1.82) is 0 Å². The molecule has 0 aromatic heterocycles.